The van der Waals surface area contributed by atoms with Crippen LogP contribution in [0.15, 0.2) is 41.8 Å². The van der Waals surface area contributed by atoms with Crippen molar-refractivity contribution in [1.29, 1.82) is 0 Å². The summed E-state index contributed by atoms with van der Waals surface area (Å²) in [7, 11) is 1.87. The van der Waals surface area contributed by atoms with Crippen molar-refractivity contribution in [2.45, 2.75) is 17.3 Å². The van der Waals surface area contributed by atoms with Crippen molar-refractivity contribution >= 4 is 29.3 Å². The minimum absolute atomic E-state index is 0.161. The highest BCUT2D eigenvalue weighted by Crippen LogP contribution is 2.22. The molecule has 1 amide bonds. The average molecular weight is 305 g/mol. The molecule has 0 saturated heterocycles. The zero-order valence-electron chi connectivity index (χ0n) is 11.6. The number of benzene rings is 1. The Hall–Kier alpha value is -2.28. The first-order valence-electron chi connectivity index (χ1n) is 6.25. The third-order valence-electron chi connectivity index (χ3n) is 2.83. The number of rotatable bonds is 5. The minimum Gasteiger partial charge on any atom is -0.478 e. The molecule has 2 N–H and O–H groups in total. The second-order valence-corrected chi connectivity index (χ2v) is 5.76. The van der Waals surface area contributed by atoms with Crippen LogP contribution in [0.4, 0.5) is 5.69 Å². The highest BCUT2D eigenvalue weighted by atomic mass is 32.2. The van der Waals surface area contributed by atoms with Crippen molar-refractivity contribution in [2.75, 3.05) is 5.32 Å². The first-order valence-corrected chi connectivity index (χ1v) is 7.13. The summed E-state index contributed by atoms with van der Waals surface area (Å²) in [6, 6.07) is 6.04. The van der Waals surface area contributed by atoms with E-state index in [-0.39, 0.29) is 16.7 Å². The molecule has 6 nitrogen and oxygen atoms in total. The summed E-state index contributed by atoms with van der Waals surface area (Å²) in [6.45, 7) is 1.79. The maximum absolute atomic E-state index is 12.1. The van der Waals surface area contributed by atoms with Crippen LogP contribution < -0.4 is 5.32 Å². The number of nitrogens with zero attached hydrogens (tertiary/aromatic N) is 2. The summed E-state index contributed by atoms with van der Waals surface area (Å²) in [5.41, 5.74) is 0.751. The molecule has 0 aliphatic heterocycles. The number of aryl methyl sites for hydroxylation is 1. The van der Waals surface area contributed by atoms with Crippen LogP contribution in [0.25, 0.3) is 0 Å². The molecular formula is C14H15N3O3S. The van der Waals surface area contributed by atoms with E-state index in [2.05, 4.69) is 10.3 Å². The molecule has 0 spiro atoms. The van der Waals surface area contributed by atoms with Crippen molar-refractivity contribution in [1.82, 2.24) is 9.55 Å². The number of amides is 1. The molecule has 2 aromatic rings. The van der Waals surface area contributed by atoms with Crippen LogP contribution in [0.3, 0.4) is 0 Å². The number of carbonyl (C=O) groups is 2. The second kappa shape index (κ2) is 6.45. The lowest BCUT2D eigenvalue weighted by Gasteiger charge is -2.11. The Balaban J connectivity index is 1.97. The SMILES string of the molecule is CC(Sc1nccn1C)C(=O)Nc1ccc(C(=O)O)cc1. The summed E-state index contributed by atoms with van der Waals surface area (Å²) in [5, 5.41) is 12.0. The molecular weight excluding hydrogens is 290 g/mol. The number of imidazole rings is 1. The number of carboxylic acids is 1. The normalized spacial score (nSPS) is 11.9. The standard InChI is InChI=1S/C14H15N3O3S/c1-9(21-14-15-7-8-17(14)2)12(18)16-11-5-3-10(4-6-11)13(19)20/h3-9H,1-2H3,(H,16,18)(H,19,20). The number of anilines is 1. The lowest BCUT2D eigenvalue weighted by atomic mass is 10.2. The Bertz CT molecular complexity index is 652. The van der Waals surface area contributed by atoms with Gasteiger partial charge in [0.25, 0.3) is 0 Å². The number of nitrogens with one attached hydrogen (secondary N) is 1. The number of hydrogen-bond donors (Lipinski definition) is 2. The molecule has 1 aromatic heterocycles. The zero-order valence-corrected chi connectivity index (χ0v) is 12.4. The Labute approximate surface area is 126 Å². The maximum Gasteiger partial charge on any atom is 0.335 e. The van der Waals surface area contributed by atoms with Crippen molar-refractivity contribution in [3.05, 3.63) is 42.2 Å². The predicted octanol–water partition coefficient (Wildman–Crippen LogP) is 2.24. The fraction of sp³-hybridized carbons (Fsp3) is 0.214. The molecule has 110 valence electrons. The number of aromatic nitrogens is 2. The summed E-state index contributed by atoms with van der Waals surface area (Å²) in [6.07, 6.45) is 3.50. The Morgan fingerprint density at radius 3 is 2.52 bits per heavy atom. The molecule has 1 unspecified atom stereocenters. The number of hydrogen-bond acceptors (Lipinski definition) is 4. The number of thioether (sulfide) groups is 1. The maximum atomic E-state index is 12.1. The fourth-order valence-corrected chi connectivity index (χ4v) is 2.45. The van der Waals surface area contributed by atoms with Gasteiger partial charge in [0.05, 0.1) is 10.8 Å². The van der Waals surface area contributed by atoms with Crippen LogP contribution in [-0.2, 0) is 11.8 Å². The van der Waals surface area contributed by atoms with Crippen LogP contribution in [-0.4, -0.2) is 31.8 Å². The van der Waals surface area contributed by atoms with Gasteiger partial charge in [-0.1, -0.05) is 11.8 Å². The molecule has 0 aliphatic carbocycles. The van der Waals surface area contributed by atoms with Crippen LogP contribution in [0.2, 0.25) is 0 Å². The van der Waals surface area contributed by atoms with Crippen molar-refractivity contribution in [2.24, 2.45) is 7.05 Å². The van der Waals surface area contributed by atoms with E-state index in [4.69, 9.17) is 5.11 Å². The van der Waals surface area contributed by atoms with Crippen LogP contribution in [0.1, 0.15) is 17.3 Å². The fourth-order valence-electron chi connectivity index (χ4n) is 1.62. The van der Waals surface area contributed by atoms with Crippen LogP contribution >= 0.6 is 11.8 Å². The summed E-state index contributed by atoms with van der Waals surface area (Å²) >= 11 is 1.36. The molecule has 2 rings (SSSR count). The molecule has 0 bridgehead atoms. The van der Waals surface area contributed by atoms with Gasteiger partial charge in [-0.2, -0.15) is 0 Å². The van der Waals surface area contributed by atoms with Gasteiger partial charge in [-0.05, 0) is 31.2 Å². The van der Waals surface area contributed by atoms with Gasteiger partial charge >= 0.3 is 5.97 Å². The smallest absolute Gasteiger partial charge is 0.335 e. The van der Waals surface area contributed by atoms with Gasteiger partial charge in [-0.25, -0.2) is 9.78 Å². The molecule has 0 saturated carbocycles. The summed E-state index contributed by atoms with van der Waals surface area (Å²) < 4.78 is 1.84. The van der Waals surface area contributed by atoms with E-state index in [9.17, 15) is 9.59 Å². The number of aromatic carboxylic acids is 1. The first kappa shape index (κ1) is 15.1. The van der Waals surface area contributed by atoms with Gasteiger partial charge in [-0.15, -0.1) is 0 Å². The van der Waals surface area contributed by atoms with Gasteiger partial charge in [0.2, 0.25) is 5.91 Å². The molecule has 0 radical (unpaired) electrons. The Morgan fingerprint density at radius 1 is 1.33 bits per heavy atom. The Kier molecular flexibility index (Phi) is 4.64. The predicted molar refractivity (Wildman–Crippen MR) is 80.6 cm³/mol. The lowest BCUT2D eigenvalue weighted by Crippen LogP contribution is -2.22. The van der Waals surface area contributed by atoms with E-state index >= 15 is 0 Å². The molecule has 0 fully saturated rings. The van der Waals surface area contributed by atoms with Crippen molar-refractivity contribution in [3.8, 4) is 0 Å². The molecule has 1 atom stereocenters. The molecule has 7 heteroatoms. The third kappa shape index (κ3) is 3.85. The van der Waals surface area contributed by atoms with Crippen LogP contribution in [0.5, 0.6) is 0 Å². The topological polar surface area (TPSA) is 84.2 Å². The molecule has 1 heterocycles. The summed E-state index contributed by atoms with van der Waals surface area (Å²) in [5.74, 6) is -1.15. The van der Waals surface area contributed by atoms with E-state index in [0.29, 0.717) is 5.69 Å². The van der Waals surface area contributed by atoms with E-state index in [1.54, 1.807) is 25.3 Å². The van der Waals surface area contributed by atoms with E-state index < -0.39 is 5.97 Å². The number of carboxylic acid groups (broad SMARTS) is 1. The number of carbonyl (C=O) groups excluding carboxylic acids is 1. The molecule has 1 aromatic carbocycles. The van der Waals surface area contributed by atoms with Gasteiger partial charge in [-0.3, -0.25) is 4.79 Å². The minimum atomic E-state index is -0.994. The van der Waals surface area contributed by atoms with Gasteiger partial charge in [0.15, 0.2) is 5.16 Å². The largest absolute Gasteiger partial charge is 0.478 e. The second-order valence-electron chi connectivity index (χ2n) is 4.45. The van der Waals surface area contributed by atoms with E-state index in [0.717, 1.165) is 5.16 Å². The van der Waals surface area contributed by atoms with Gasteiger partial charge in [0, 0.05) is 25.1 Å². The lowest BCUT2D eigenvalue weighted by molar-refractivity contribution is -0.115. The molecule has 21 heavy (non-hydrogen) atoms. The molecule has 0 aliphatic rings. The summed E-state index contributed by atoms with van der Waals surface area (Å²) in [4.78, 5) is 27.0. The average Bonchev–Trinajstić information content (AvgIpc) is 2.84. The van der Waals surface area contributed by atoms with Gasteiger partial charge in [0.1, 0.15) is 0 Å². The third-order valence-corrected chi connectivity index (χ3v) is 4.00. The van der Waals surface area contributed by atoms with E-state index in [1.165, 1.54) is 23.9 Å². The van der Waals surface area contributed by atoms with Crippen LogP contribution in [0, 0.1) is 0 Å². The first-order chi connectivity index (χ1) is 9.97. The quantitative estimate of drug-likeness (QED) is 0.828. The van der Waals surface area contributed by atoms with E-state index in [1.807, 2.05) is 17.8 Å². The highest BCUT2D eigenvalue weighted by Gasteiger charge is 2.16. The highest BCUT2D eigenvalue weighted by molar-refractivity contribution is 8.00. The zero-order chi connectivity index (χ0) is 15.4. The monoisotopic (exact) mass is 305 g/mol. The van der Waals surface area contributed by atoms with Crippen molar-refractivity contribution < 1.29 is 14.7 Å². The Morgan fingerprint density at radius 2 is 2.00 bits per heavy atom. The van der Waals surface area contributed by atoms with Crippen molar-refractivity contribution in [3.63, 3.8) is 0 Å². The van der Waals surface area contributed by atoms with Gasteiger partial charge < -0.3 is 15.0 Å².